The fourth-order valence-electron chi connectivity index (χ4n) is 2.01. The number of amides is 2. The average Bonchev–Trinajstić information content (AvgIpc) is 2.83. The molecule has 0 aliphatic carbocycles. The molecule has 0 unspecified atom stereocenters. The Morgan fingerprint density at radius 2 is 2.24 bits per heavy atom. The highest BCUT2D eigenvalue weighted by atomic mass is 16.2. The number of nitrogens with one attached hydrogen (secondary N) is 3. The van der Waals surface area contributed by atoms with Gasteiger partial charge in [-0.25, -0.2) is 4.79 Å². The van der Waals surface area contributed by atoms with E-state index in [4.69, 9.17) is 0 Å². The summed E-state index contributed by atoms with van der Waals surface area (Å²) in [5.41, 5.74) is 0.681. The Bertz CT molecular complexity index is 332. The van der Waals surface area contributed by atoms with Crippen LogP contribution in [0.25, 0.3) is 0 Å². The fraction of sp³-hybridized carbons (Fsp3) is 0.636. The summed E-state index contributed by atoms with van der Waals surface area (Å²) in [5, 5.41) is 11.9. The van der Waals surface area contributed by atoms with Crippen LogP contribution in [0.5, 0.6) is 0 Å². The monoisotopic (exact) mass is 237 g/mol. The predicted molar refractivity (Wildman–Crippen MR) is 65.9 cm³/mol. The summed E-state index contributed by atoms with van der Waals surface area (Å²) >= 11 is 0. The molecule has 6 nitrogen and oxygen atoms in total. The molecule has 1 aromatic rings. The van der Waals surface area contributed by atoms with E-state index in [0.717, 1.165) is 19.6 Å². The molecule has 6 heteroatoms. The van der Waals surface area contributed by atoms with Crippen molar-refractivity contribution in [2.24, 2.45) is 0 Å². The number of likely N-dealkylation sites (tertiary alicyclic amines) is 1. The molecule has 0 atom stereocenters. The van der Waals surface area contributed by atoms with E-state index in [1.54, 1.807) is 12.4 Å². The van der Waals surface area contributed by atoms with Crippen molar-refractivity contribution in [3.05, 3.63) is 12.4 Å². The number of urea groups is 1. The van der Waals surface area contributed by atoms with E-state index in [9.17, 15) is 4.79 Å². The topological polar surface area (TPSA) is 73.1 Å². The van der Waals surface area contributed by atoms with Crippen LogP contribution in [0.1, 0.15) is 19.3 Å². The normalized spacial score (nSPS) is 16.7. The second-order valence-corrected chi connectivity index (χ2v) is 4.27. The summed E-state index contributed by atoms with van der Waals surface area (Å²) in [6, 6.07) is -0.177. The molecule has 3 N–H and O–H groups in total. The van der Waals surface area contributed by atoms with Crippen LogP contribution in [0.3, 0.4) is 0 Å². The number of hydrogen-bond acceptors (Lipinski definition) is 3. The van der Waals surface area contributed by atoms with E-state index < -0.39 is 0 Å². The lowest BCUT2D eigenvalue weighted by Crippen LogP contribution is -2.39. The molecule has 1 aliphatic rings. The highest BCUT2D eigenvalue weighted by molar-refractivity contribution is 5.88. The van der Waals surface area contributed by atoms with Crippen molar-refractivity contribution in [3.63, 3.8) is 0 Å². The number of aromatic amines is 1. The number of H-pyrrole nitrogens is 1. The zero-order valence-corrected chi connectivity index (χ0v) is 9.91. The minimum absolute atomic E-state index is 0.177. The predicted octanol–water partition coefficient (Wildman–Crippen LogP) is 1.02. The Labute approximate surface area is 101 Å². The van der Waals surface area contributed by atoms with Crippen LogP contribution in [0.15, 0.2) is 12.4 Å². The van der Waals surface area contributed by atoms with Gasteiger partial charge in [0.2, 0.25) is 0 Å². The van der Waals surface area contributed by atoms with Crippen LogP contribution in [0, 0.1) is 0 Å². The summed E-state index contributed by atoms with van der Waals surface area (Å²) in [6.45, 7) is 3.93. The Morgan fingerprint density at radius 1 is 1.41 bits per heavy atom. The molecule has 1 fully saturated rings. The van der Waals surface area contributed by atoms with Gasteiger partial charge in [0.25, 0.3) is 0 Å². The number of anilines is 1. The molecule has 0 aromatic carbocycles. The van der Waals surface area contributed by atoms with Crippen molar-refractivity contribution in [2.45, 2.75) is 19.3 Å². The van der Waals surface area contributed by atoms with Gasteiger partial charge in [0.1, 0.15) is 0 Å². The molecule has 0 saturated carbocycles. The number of carbonyl (C=O) groups excluding carboxylic acids is 1. The van der Waals surface area contributed by atoms with Crippen LogP contribution < -0.4 is 10.6 Å². The van der Waals surface area contributed by atoms with Gasteiger partial charge in [-0.3, -0.25) is 5.10 Å². The number of rotatable bonds is 4. The Kier molecular flexibility index (Phi) is 4.37. The van der Waals surface area contributed by atoms with Gasteiger partial charge >= 0.3 is 6.03 Å². The molecule has 1 saturated heterocycles. The molecule has 2 amide bonds. The molecule has 1 aromatic heterocycles. The molecular weight excluding hydrogens is 218 g/mol. The standard InChI is InChI=1S/C11H19N5O/c17-11(15-10-8-13-14-9-10)12-4-7-16-5-2-1-3-6-16/h8-9H,1-7H2,(H,13,14)(H2,12,15,17). The van der Waals surface area contributed by atoms with E-state index in [1.807, 2.05) is 0 Å². The SMILES string of the molecule is O=C(NCCN1CCCCC1)Nc1cn[nH]c1. The molecule has 2 heterocycles. The van der Waals surface area contributed by atoms with Gasteiger partial charge in [0.05, 0.1) is 11.9 Å². The second-order valence-electron chi connectivity index (χ2n) is 4.27. The van der Waals surface area contributed by atoms with Crippen LogP contribution in [-0.2, 0) is 0 Å². The lowest BCUT2D eigenvalue weighted by atomic mass is 10.1. The third-order valence-electron chi connectivity index (χ3n) is 2.92. The Morgan fingerprint density at radius 3 is 2.94 bits per heavy atom. The largest absolute Gasteiger partial charge is 0.337 e. The third-order valence-corrected chi connectivity index (χ3v) is 2.92. The quantitative estimate of drug-likeness (QED) is 0.732. The zero-order chi connectivity index (χ0) is 11.9. The van der Waals surface area contributed by atoms with Crippen molar-refractivity contribution in [3.8, 4) is 0 Å². The van der Waals surface area contributed by atoms with E-state index >= 15 is 0 Å². The first-order valence-electron chi connectivity index (χ1n) is 6.10. The summed E-state index contributed by atoms with van der Waals surface area (Å²) in [4.78, 5) is 13.9. The van der Waals surface area contributed by atoms with Crippen LogP contribution in [-0.4, -0.2) is 47.3 Å². The van der Waals surface area contributed by atoms with E-state index in [1.165, 1.54) is 19.3 Å². The number of nitrogens with zero attached hydrogens (tertiary/aromatic N) is 2. The summed E-state index contributed by atoms with van der Waals surface area (Å²) in [5.74, 6) is 0. The molecule has 1 aliphatic heterocycles. The molecule has 2 rings (SSSR count). The third kappa shape index (κ3) is 4.07. The lowest BCUT2D eigenvalue weighted by Gasteiger charge is -2.26. The van der Waals surface area contributed by atoms with Crippen molar-refractivity contribution in [1.29, 1.82) is 0 Å². The van der Waals surface area contributed by atoms with Gasteiger partial charge in [-0.1, -0.05) is 6.42 Å². The minimum Gasteiger partial charge on any atom is -0.337 e. The van der Waals surface area contributed by atoms with Gasteiger partial charge in [0.15, 0.2) is 0 Å². The van der Waals surface area contributed by atoms with E-state index in [-0.39, 0.29) is 6.03 Å². The Hall–Kier alpha value is -1.56. The average molecular weight is 237 g/mol. The summed E-state index contributed by atoms with van der Waals surface area (Å²) < 4.78 is 0. The maximum Gasteiger partial charge on any atom is 0.319 e. The second kappa shape index (κ2) is 6.24. The van der Waals surface area contributed by atoms with Crippen molar-refractivity contribution >= 4 is 11.7 Å². The Balaban J connectivity index is 1.59. The van der Waals surface area contributed by atoms with Crippen molar-refractivity contribution in [1.82, 2.24) is 20.4 Å². The zero-order valence-electron chi connectivity index (χ0n) is 9.91. The van der Waals surface area contributed by atoms with Gasteiger partial charge in [-0.2, -0.15) is 5.10 Å². The minimum atomic E-state index is -0.177. The van der Waals surface area contributed by atoms with Crippen LogP contribution in [0.4, 0.5) is 10.5 Å². The van der Waals surface area contributed by atoms with Gasteiger partial charge in [0, 0.05) is 19.3 Å². The molecule has 0 bridgehead atoms. The van der Waals surface area contributed by atoms with Gasteiger partial charge in [-0.15, -0.1) is 0 Å². The van der Waals surface area contributed by atoms with Crippen LogP contribution in [0.2, 0.25) is 0 Å². The molecule has 0 radical (unpaired) electrons. The first-order chi connectivity index (χ1) is 8.34. The summed E-state index contributed by atoms with van der Waals surface area (Å²) in [7, 11) is 0. The number of carbonyl (C=O) groups is 1. The molecule has 0 spiro atoms. The lowest BCUT2D eigenvalue weighted by molar-refractivity contribution is 0.224. The van der Waals surface area contributed by atoms with Crippen molar-refractivity contribution < 1.29 is 4.79 Å². The van der Waals surface area contributed by atoms with E-state index in [2.05, 4.69) is 25.7 Å². The highest BCUT2D eigenvalue weighted by Crippen LogP contribution is 2.07. The number of hydrogen-bond donors (Lipinski definition) is 3. The smallest absolute Gasteiger partial charge is 0.319 e. The first-order valence-corrected chi connectivity index (χ1v) is 6.10. The first kappa shape index (κ1) is 11.9. The molecule has 17 heavy (non-hydrogen) atoms. The number of aromatic nitrogens is 2. The molecular formula is C11H19N5O. The maximum atomic E-state index is 11.5. The number of piperidine rings is 1. The fourth-order valence-corrected chi connectivity index (χ4v) is 2.01. The van der Waals surface area contributed by atoms with Crippen molar-refractivity contribution in [2.75, 3.05) is 31.5 Å². The molecule has 94 valence electrons. The van der Waals surface area contributed by atoms with Gasteiger partial charge in [-0.05, 0) is 25.9 Å². The highest BCUT2D eigenvalue weighted by Gasteiger charge is 2.09. The maximum absolute atomic E-state index is 11.5. The van der Waals surface area contributed by atoms with Crippen LogP contribution >= 0.6 is 0 Å². The van der Waals surface area contributed by atoms with E-state index in [0.29, 0.717) is 12.2 Å². The van der Waals surface area contributed by atoms with Gasteiger partial charge < -0.3 is 15.5 Å². The summed E-state index contributed by atoms with van der Waals surface area (Å²) in [6.07, 6.45) is 7.11.